The van der Waals surface area contributed by atoms with Crippen LogP contribution in [-0.2, 0) is 0 Å². The lowest BCUT2D eigenvalue weighted by molar-refractivity contribution is 0.435. The quantitative estimate of drug-likeness (QED) is 0.719. The molecule has 3 heteroatoms. The number of hydrogen-bond donors (Lipinski definition) is 1. The lowest BCUT2D eigenvalue weighted by atomic mass is 10.3. The van der Waals surface area contributed by atoms with Crippen molar-refractivity contribution in [1.82, 2.24) is 0 Å². The summed E-state index contributed by atoms with van der Waals surface area (Å²) in [6.07, 6.45) is 2.54. The van der Waals surface area contributed by atoms with E-state index in [-0.39, 0.29) is 5.75 Å². The fourth-order valence-corrected chi connectivity index (χ4v) is 0.885. The van der Waals surface area contributed by atoms with E-state index in [0.717, 1.165) is 0 Å². The molecule has 0 radical (unpaired) electrons. The monoisotopic (exact) mass is 178 g/mol. The number of phenolic OH excluding ortho intramolecular Hbond substituents is 1. The standard InChI is InChI=1S/C10H10O3/c1-3-12-9-5-8(11)6-10(7-9)13-4-2/h3-7,11H,1-2H2. The molecule has 0 atom stereocenters. The Morgan fingerprint density at radius 2 is 1.46 bits per heavy atom. The third kappa shape index (κ3) is 2.56. The number of rotatable bonds is 4. The van der Waals surface area contributed by atoms with E-state index in [0.29, 0.717) is 11.5 Å². The maximum absolute atomic E-state index is 9.22. The molecule has 1 aromatic rings. The molecule has 0 heterocycles. The zero-order chi connectivity index (χ0) is 9.68. The van der Waals surface area contributed by atoms with Gasteiger partial charge < -0.3 is 14.6 Å². The van der Waals surface area contributed by atoms with Crippen LogP contribution in [0.1, 0.15) is 0 Å². The van der Waals surface area contributed by atoms with E-state index in [1.54, 1.807) is 6.07 Å². The van der Waals surface area contributed by atoms with Crippen LogP contribution in [0.4, 0.5) is 0 Å². The van der Waals surface area contributed by atoms with Gasteiger partial charge in [-0.05, 0) is 0 Å². The molecule has 0 aromatic heterocycles. The third-order valence-corrected chi connectivity index (χ3v) is 1.30. The lowest BCUT2D eigenvalue weighted by Crippen LogP contribution is -1.84. The molecule has 0 saturated carbocycles. The Labute approximate surface area is 76.5 Å². The largest absolute Gasteiger partial charge is 0.508 e. The minimum atomic E-state index is 0.0659. The second kappa shape index (κ2) is 4.21. The summed E-state index contributed by atoms with van der Waals surface area (Å²) >= 11 is 0. The second-order valence-electron chi connectivity index (χ2n) is 2.23. The van der Waals surface area contributed by atoms with Crippen LogP contribution in [0.2, 0.25) is 0 Å². The van der Waals surface area contributed by atoms with Gasteiger partial charge in [0.15, 0.2) is 0 Å². The van der Waals surface area contributed by atoms with E-state index >= 15 is 0 Å². The van der Waals surface area contributed by atoms with Gasteiger partial charge in [-0.2, -0.15) is 0 Å². The molecule has 1 N–H and O–H groups in total. The molecule has 0 amide bonds. The Kier molecular flexibility index (Phi) is 2.97. The normalized spacial score (nSPS) is 8.92. The van der Waals surface area contributed by atoms with Gasteiger partial charge in [0.1, 0.15) is 17.2 Å². The van der Waals surface area contributed by atoms with Gasteiger partial charge in [0.25, 0.3) is 0 Å². The van der Waals surface area contributed by atoms with Gasteiger partial charge in [-0.15, -0.1) is 0 Å². The van der Waals surface area contributed by atoms with Gasteiger partial charge in [-0.1, -0.05) is 13.2 Å². The van der Waals surface area contributed by atoms with Crippen molar-refractivity contribution in [3.05, 3.63) is 43.9 Å². The Morgan fingerprint density at radius 3 is 1.85 bits per heavy atom. The zero-order valence-electron chi connectivity index (χ0n) is 7.06. The molecular formula is C10H10O3. The van der Waals surface area contributed by atoms with Crippen molar-refractivity contribution in [1.29, 1.82) is 0 Å². The van der Waals surface area contributed by atoms with Gasteiger partial charge in [0.2, 0.25) is 0 Å². The summed E-state index contributed by atoms with van der Waals surface area (Å²) in [5, 5.41) is 9.22. The molecule has 1 aromatic carbocycles. The van der Waals surface area contributed by atoms with E-state index in [9.17, 15) is 5.11 Å². The Morgan fingerprint density at radius 1 is 1.00 bits per heavy atom. The molecule has 1 rings (SSSR count). The van der Waals surface area contributed by atoms with E-state index in [2.05, 4.69) is 13.2 Å². The van der Waals surface area contributed by atoms with E-state index < -0.39 is 0 Å². The molecule has 68 valence electrons. The summed E-state index contributed by atoms with van der Waals surface area (Å²) in [5.41, 5.74) is 0. The highest BCUT2D eigenvalue weighted by atomic mass is 16.5. The average molecular weight is 178 g/mol. The maximum Gasteiger partial charge on any atom is 0.133 e. The van der Waals surface area contributed by atoms with Crippen molar-refractivity contribution in [3.63, 3.8) is 0 Å². The fraction of sp³-hybridized carbons (Fsp3) is 0. The summed E-state index contributed by atoms with van der Waals surface area (Å²) in [5.74, 6) is 0.995. The van der Waals surface area contributed by atoms with Crippen LogP contribution in [0.25, 0.3) is 0 Å². The van der Waals surface area contributed by atoms with Gasteiger partial charge in [0, 0.05) is 18.2 Å². The third-order valence-electron chi connectivity index (χ3n) is 1.30. The van der Waals surface area contributed by atoms with Crippen LogP contribution in [-0.4, -0.2) is 5.11 Å². The van der Waals surface area contributed by atoms with Crippen molar-refractivity contribution in [2.75, 3.05) is 0 Å². The highest BCUT2D eigenvalue weighted by Crippen LogP contribution is 2.26. The second-order valence-corrected chi connectivity index (χ2v) is 2.23. The molecule has 3 nitrogen and oxygen atoms in total. The van der Waals surface area contributed by atoms with Crippen molar-refractivity contribution >= 4 is 0 Å². The first-order valence-corrected chi connectivity index (χ1v) is 3.65. The van der Waals surface area contributed by atoms with Crippen molar-refractivity contribution in [2.45, 2.75) is 0 Å². The summed E-state index contributed by atoms with van der Waals surface area (Å²) in [7, 11) is 0. The first-order chi connectivity index (χ1) is 6.26. The fourth-order valence-electron chi connectivity index (χ4n) is 0.885. The van der Waals surface area contributed by atoms with E-state index in [4.69, 9.17) is 9.47 Å². The zero-order valence-corrected chi connectivity index (χ0v) is 7.06. The average Bonchev–Trinajstić information content (AvgIpc) is 2.04. The molecule has 0 aliphatic heterocycles. The lowest BCUT2D eigenvalue weighted by Gasteiger charge is -2.04. The molecule has 13 heavy (non-hydrogen) atoms. The minimum Gasteiger partial charge on any atom is -0.508 e. The summed E-state index contributed by atoms with van der Waals surface area (Å²) in [6, 6.07) is 4.53. The van der Waals surface area contributed by atoms with Gasteiger partial charge >= 0.3 is 0 Å². The number of hydrogen-bond acceptors (Lipinski definition) is 3. The minimum absolute atomic E-state index is 0.0659. The van der Waals surface area contributed by atoms with Gasteiger partial charge in [-0.25, -0.2) is 0 Å². The van der Waals surface area contributed by atoms with Gasteiger partial charge in [-0.3, -0.25) is 0 Å². The summed E-state index contributed by atoms with van der Waals surface area (Å²) in [4.78, 5) is 0. The van der Waals surface area contributed by atoms with Crippen LogP contribution in [0.15, 0.2) is 43.9 Å². The topological polar surface area (TPSA) is 38.7 Å². The van der Waals surface area contributed by atoms with Crippen LogP contribution < -0.4 is 9.47 Å². The van der Waals surface area contributed by atoms with Crippen LogP contribution >= 0.6 is 0 Å². The predicted molar refractivity (Wildman–Crippen MR) is 49.8 cm³/mol. The number of ether oxygens (including phenoxy) is 2. The maximum atomic E-state index is 9.22. The molecule has 0 bridgehead atoms. The Bertz CT molecular complexity index is 290. The predicted octanol–water partition coefficient (Wildman–Crippen LogP) is 2.44. The molecule has 0 saturated heterocycles. The first-order valence-electron chi connectivity index (χ1n) is 3.65. The molecule has 0 aliphatic rings. The van der Waals surface area contributed by atoms with E-state index in [1.807, 2.05) is 0 Å². The summed E-state index contributed by atoms with van der Waals surface area (Å²) < 4.78 is 9.93. The van der Waals surface area contributed by atoms with Crippen LogP contribution in [0.5, 0.6) is 17.2 Å². The Hall–Kier alpha value is -1.90. The molecule has 0 unspecified atom stereocenters. The Balaban J connectivity index is 2.95. The molecule has 0 spiro atoms. The van der Waals surface area contributed by atoms with Crippen LogP contribution in [0, 0.1) is 0 Å². The highest BCUT2D eigenvalue weighted by Gasteiger charge is 1.99. The molecule has 0 aliphatic carbocycles. The van der Waals surface area contributed by atoms with Crippen molar-refractivity contribution in [3.8, 4) is 17.2 Å². The van der Waals surface area contributed by atoms with E-state index in [1.165, 1.54) is 24.7 Å². The molecule has 0 fully saturated rings. The van der Waals surface area contributed by atoms with Gasteiger partial charge in [0.05, 0.1) is 12.5 Å². The van der Waals surface area contributed by atoms with Crippen molar-refractivity contribution in [2.24, 2.45) is 0 Å². The summed E-state index contributed by atoms with van der Waals surface area (Å²) in [6.45, 7) is 6.79. The smallest absolute Gasteiger partial charge is 0.133 e. The number of phenols is 1. The van der Waals surface area contributed by atoms with Crippen molar-refractivity contribution < 1.29 is 14.6 Å². The van der Waals surface area contributed by atoms with Crippen LogP contribution in [0.3, 0.4) is 0 Å². The number of benzene rings is 1. The number of aromatic hydroxyl groups is 1. The first kappa shape index (κ1) is 9.19. The highest BCUT2D eigenvalue weighted by molar-refractivity contribution is 5.41. The molecular weight excluding hydrogens is 168 g/mol. The SMILES string of the molecule is C=COc1cc(O)cc(OC=C)c1.